The van der Waals surface area contributed by atoms with E-state index >= 15 is 0 Å². The first kappa shape index (κ1) is 23.5. The molecule has 33 heavy (non-hydrogen) atoms. The topological polar surface area (TPSA) is 116 Å². The van der Waals surface area contributed by atoms with E-state index in [1.807, 2.05) is 20.8 Å². The first-order valence-corrected chi connectivity index (χ1v) is 11.8. The van der Waals surface area contributed by atoms with Gasteiger partial charge in [0, 0.05) is 18.3 Å². The zero-order valence-corrected chi connectivity index (χ0v) is 20.5. The summed E-state index contributed by atoms with van der Waals surface area (Å²) in [7, 11) is 0. The van der Waals surface area contributed by atoms with Crippen LogP contribution >= 0.6 is 27.7 Å². The van der Waals surface area contributed by atoms with Crippen molar-refractivity contribution in [3.05, 3.63) is 39.0 Å². The first-order valence-electron chi connectivity index (χ1n) is 10.1. The molecule has 1 amide bonds. The number of carbonyl (C=O) groups excluding carboxylic acids is 1. The summed E-state index contributed by atoms with van der Waals surface area (Å²) < 4.78 is 30.3. The van der Waals surface area contributed by atoms with E-state index in [9.17, 15) is 14.0 Å². The van der Waals surface area contributed by atoms with Crippen LogP contribution < -0.4 is 5.76 Å². The van der Waals surface area contributed by atoms with E-state index in [4.69, 9.17) is 13.9 Å². The smallest absolute Gasteiger partial charge is 0.444 e. The van der Waals surface area contributed by atoms with Crippen LogP contribution in [0.2, 0.25) is 0 Å². The third kappa shape index (κ3) is 5.29. The summed E-state index contributed by atoms with van der Waals surface area (Å²) in [4.78, 5) is 26.5. The second kappa shape index (κ2) is 9.29. The van der Waals surface area contributed by atoms with Crippen molar-refractivity contribution in [1.29, 1.82) is 0 Å². The van der Waals surface area contributed by atoms with E-state index in [1.165, 1.54) is 30.0 Å². The van der Waals surface area contributed by atoms with Crippen LogP contribution in [0.1, 0.15) is 33.6 Å². The average molecular weight is 542 g/mol. The van der Waals surface area contributed by atoms with Gasteiger partial charge in [0.15, 0.2) is 10.7 Å². The number of benzene rings is 1. The van der Waals surface area contributed by atoms with Crippen molar-refractivity contribution in [2.45, 2.75) is 49.5 Å². The van der Waals surface area contributed by atoms with Crippen LogP contribution in [0.4, 0.5) is 9.18 Å². The Morgan fingerprint density at radius 3 is 2.82 bits per heavy atom. The Kier molecular flexibility index (Phi) is 6.61. The Morgan fingerprint density at radius 1 is 1.30 bits per heavy atom. The van der Waals surface area contributed by atoms with Gasteiger partial charge in [0.1, 0.15) is 11.4 Å². The summed E-state index contributed by atoms with van der Waals surface area (Å²) in [5, 5.41) is 12.1. The summed E-state index contributed by atoms with van der Waals surface area (Å²) in [6.07, 6.45) is 1.28. The van der Waals surface area contributed by atoms with Gasteiger partial charge < -0.3 is 9.64 Å². The Bertz CT molecular complexity index is 1220. The van der Waals surface area contributed by atoms with E-state index in [-0.39, 0.29) is 27.3 Å². The summed E-state index contributed by atoms with van der Waals surface area (Å²) in [6, 6.07) is 4.06. The normalized spacial score (nSPS) is 16.8. The minimum absolute atomic E-state index is 0.00366. The summed E-state index contributed by atoms with van der Waals surface area (Å²) >= 11 is 4.48. The quantitative estimate of drug-likeness (QED) is 0.477. The highest BCUT2D eigenvalue weighted by Crippen LogP contribution is 2.34. The fourth-order valence-corrected chi connectivity index (χ4v) is 4.87. The number of hydrogen-bond acceptors (Lipinski definition) is 9. The van der Waals surface area contributed by atoms with Crippen molar-refractivity contribution >= 4 is 33.8 Å². The van der Waals surface area contributed by atoms with Gasteiger partial charge in [-0.25, -0.2) is 23.2 Å². The number of carbonyl (C=O) groups is 1. The summed E-state index contributed by atoms with van der Waals surface area (Å²) in [5.41, 5.74) is -0.0373. The molecule has 0 N–H and O–H groups in total. The van der Waals surface area contributed by atoms with Crippen LogP contribution in [0, 0.1) is 5.82 Å². The third-order valence-electron chi connectivity index (χ3n) is 4.74. The molecule has 0 saturated carbocycles. The van der Waals surface area contributed by atoms with E-state index in [2.05, 4.69) is 31.4 Å². The zero-order chi connectivity index (χ0) is 23.8. The molecule has 1 saturated heterocycles. The minimum Gasteiger partial charge on any atom is -0.444 e. The molecule has 3 heterocycles. The van der Waals surface area contributed by atoms with Crippen molar-refractivity contribution in [3.63, 3.8) is 0 Å². The summed E-state index contributed by atoms with van der Waals surface area (Å²) in [6.45, 7) is 6.54. The SMILES string of the molecule is CC(C)(C)OC(=O)N1CCC[C@H](Sc2nonc2-c2noc(=O)n2-c2ccc(F)c(Br)c2)C1. The van der Waals surface area contributed by atoms with Crippen molar-refractivity contribution in [2.24, 2.45) is 0 Å². The van der Waals surface area contributed by atoms with Crippen molar-refractivity contribution in [3.8, 4) is 17.2 Å². The van der Waals surface area contributed by atoms with Crippen LogP contribution in [0.5, 0.6) is 0 Å². The molecule has 2 aromatic heterocycles. The number of thioether (sulfide) groups is 1. The van der Waals surface area contributed by atoms with E-state index in [0.29, 0.717) is 23.8 Å². The molecule has 3 aromatic rings. The Balaban J connectivity index is 1.57. The lowest BCUT2D eigenvalue weighted by atomic mass is 10.1. The van der Waals surface area contributed by atoms with Crippen molar-refractivity contribution in [2.75, 3.05) is 13.1 Å². The van der Waals surface area contributed by atoms with Gasteiger partial charge in [-0.3, -0.25) is 4.52 Å². The number of piperidine rings is 1. The molecule has 0 bridgehead atoms. The van der Waals surface area contributed by atoms with Crippen LogP contribution in [0.3, 0.4) is 0 Å². The van der Waals surface area contributed by atoms with Crippen LogP contribution in [0.25, 0.3) is 17.2 Å². The fraction of sp³-hybridized carbons (Fsp3) is 0.450. The van der Waals surface area contributed by atoms with Gasteiger partial charge in [0.25, 0.3) is 0 Å². The van der Waals surface area contributed by atoms with Gasteiger partial charge in [-0.2, -0.15) is 0 Å². The standard InChI is InChI=1S/C20H21BrFN5O5S/c1-20(2,3)30-18(28)26-8-4-5-12(10-26)33-17-15(23-32-25-17)16-24-31-19(29)27(16)11-6-7-14(22)13(21)9-11/h6-7,9,12H,4-5,8,10H2,1-3H3/t12-/m0/s1. The van der Waals surface area contributed by atoms with Crippen molar-refractivity contribution < 1.29 is 23.1 Å². The van der Waals surface area contributed by atoms with Gasteiger partial charge in [0.05, 0.1) is 10.2 Å². The lowest BCUT2D eigenvalue weighted by Crippen LogP contribution is -2.43. The molecule has 1 aromatic carbocycles. The van der Waals surface area contributed by atoms with Gasteiger partial charge in [-0.05, 0) is 78.1 Å². The molecular formula is C20H21BrFN5O5S. The number of amides is 1. The number of ether oxygens (including phenoxy) is 1. The molecule has 0 unspecified atom stereocenters. The fourth-order valence-electron chi connectivity index (χ4n) is 3.33. The number of likely N-dealkylation sites (tertiary alicyclic amines) is 1. The van der Waals surface area contributed by atoms with E-state index in [1.54, 1.807) is 4.90 Å². The minimum atomic E-state index is -0.767. The second-order valence-electron chi connectivity index (χ2n) is 8.43. The lowest BCUT2D eigenvalue weighted by molar-refractivity contribution is 0.0220. The highest BCUT2D eigenvalue weighted by molar-refractivity contribution is 9.10. The summed E-state index contributed by atoms with van der Waals surface area (Å²) in [5.74, 6) is -1.17. The molecule has 1 atom stereocenters. The largest absolute Gasteiger partial charge is 0.446 e. The predicted octanol–water partition coefficient (Wildman–Crippen LogP) is 4.27. The Morgan fingerprint density at radius 2 is 2.09 bits per heavy atom. The molecule has 13 heteroatoms. The monoisotopic (exact) mass is 541 g/mol. The predicted molar refractivity (Wildman–Crippen MR) is 120 cm³/mol. The van der Waals surface area contributed by atoms with Gasteiger partial charge in [-0.1, -0.05) is 16.9 Å². The van der Waals surface area contributed by atoms with Crippen LogP contribution in [0.15, 0.2) is 41.6 Å². The van der Waals surface area contributed by atoms with Crippen LogP contribution in [-0.2, 0) is 4.74 Å². The molecule has 1 aliphatic rings. The third-order valence-corrected chi connectivity index (χ3v) is 6.56. The molecule has 1 aliphatic heterocycles. The van der Waals surface area contributed by atoms with E-state index < -0.39 is 17.2 Å². The number of nitrogens with zero attached hydrogens (tertiary/aromatic N) is 5. The highest BCUT2D eigenvalue weighted by Gasteiger charge is 2.31. The van der Waals surface area contributed by atoms with Gasteiger partial charge in [-0.15, -0.1) is 0 Å². The second-order valence-corrected chi connectivity index (χ2v) is 10.6. The van der Waals surface area contributed by atoms with E-state index in [0.717, 1.165) is 17.4 Å². The molecule has 176 valence electrons. The number of rotatable bonds is 4. The zero-order valence-electron chi connectivity index (χ0n) is 18.1. The molecular weight excluding hydrogens is 521 g/mol. The molecule has 1 fully saturated rings. The number of aromatic nitrogens is 4. The van der Waals surface area contributed by atoms with Gasteiger partial charge >= 0.3 is 11.8 Å². The van der Waals surface area contributed by atoms with Crippen molar-refractivity contribution in [1.82, 2.24) is 24.9 Å². The number of halogens is 2. The Hall–Kier alpha value is -2.67. The molecule has 0 spiro atoms. The van der Waals surface area contributed by atoms with Crippen LogP contribution in [-0.4, -0.2) is 55.0 Å². The highest BCUT2D eigenvalue weighted by atomic mass is 79.9. The maximum Gasteiger partial charge on any atom is 0.446 e. The molecule has 4 rings (SSSR count). The first-order chi connectivity index (χ1) is 15.6. The maximum atomic E-state index is 13.7. The molecule has 0 radical (unpaired) electrons. The average Bonchev–Trinajstić information content (AvgIpc) is 3.35. The number of hydrogen-bond donors (Lipinski definition) is 0. The lowest BCUT2D eigenvalue weighted by Gasteiger charge is -2.33. The van der Waals surface area contributed by atoms with Gasteiger partial charge in [0.2, 0.25) is 5.82 Å². The maximum absolute atomic E-state index is 13.7. The molecule has 10 nitrogen and oxygen atoms in total. The molecule has 0 aliphatic carbocycles. The Labute approximate surface area is 200 Å².